The largest absolute Gasteiger partial charge is 0.508 e. The second kappa shape index (κ2) is 7.23. The molecule has 0 aromatic heterocycles. The molecule has 6 nitrogen and oxygen atoms in total. The van der Waals surface area contributed by atoms with Gasteiger partial charge in [0, 0.05) is 23.3 Å². The minimum atomic E-state index is -0.734. The standard InChI is InChI=1S/C21H22O6/c1-11(2)4-6-14-18(26-3)9-16(24)20-17(25)10-19(27-21(14)20)13-7-5-12(22)8-15(13)23/h4-5,7-9,19,22-24H,6,10H2,1-3H3. The summed E-state index contributed by atoms with van der Waals surface area (Å²) in [5, 5.41) is 29.9. The summed E-state index contributed by atoms with van der Waals surface area (Å²) in [6, 6.07) is 5.56. The summed E-state index contributed by atoms with van der Waals surface area (Å²) in [6.07, 6.45) is 1.68. The van der Waals surface area contributed by atoms with E-state index in [0.29, 0.717) is 23.3 Å². The van der Waals surface area contributed by atoms with Crippen LogP contribution in [0.3, 0.4) is 0 Å². The van der Waals surface area contributed by atoms with Crippen LogP contribution >= 0.6 is 0 Å². The average Bonchev–Trinajstić information content (AvgIpc) is 2.59. The first-order valence-corrected chi connectivity index (χ1v) is 8.59. The summed E-state index contributed by atoms with van der Waals surface area (Å²) in [5.74, 6) is -0.0322. The summed E-state index contributed by atoms with van der Waals surface area (Å²) in [6.45, 7) is 3.92. The summed E-state index contributed by atoms with van der Waals surface area (Å²) in [5.41, 5.74) is 2.27. The molecule has 1 atom stereocenters. The molecule has 3 N–H and O–H groups in total. The molecule has 1 aliphatic rings. The molecule has 0 fully saturated rings. The average molecular weight is 370 g/mol. The number of phenols is 3. The number of aromatic hydroxyl groups is 3. The van der Waals surface area contributed by atoms with Crippen LogP contribution in [0.25, 0.3) is 0 Å². The maximum Gasteiger partial charge on any atom is 0.174 e. The minimum absolute atomic E-state index is 0.0344. The zero-order valence-corrected chi connectivity index (χ0v) is 15.4. The number of fused-ring (bicyclic) bond motifs is 1. The van der Waals surface area contributed by atoms with Crippen LogP contribution in [0.5, 0.6) is 28.7 Å². The maximum absolute atomic E-state index is 12.7. The lowest BCUT2D eigenvalue weighted by atomic mass is 9.92. The van der Waals surface area contributed by atoms with Crippen molar-refractivity contribution < 1.29 is 29.6 Å². The lowest BCUT2D eigenvalue weighted by molar-refractivity contribution is 0.0839. The molecule has 2 aromatic carbocycles. The molecule has 0 aliphatic carbocycles. The molecular formula is C21H22O6. The highest BCUT2D eigenvalue weighted by Crippen LogP contribution is 2.47. The molecule has 27 heavy (non-hydrogen) atoms. The molecule has 0 radical (unpaired) electrons. The van der Waals surface area contributed by atoms with Gasteiger partial charge >= 0.3 is 0 Å². The number of ether oxygens (including phenoxy) is 2. The molecule has 1 unspecified atom stereocenters. The number of benzene rings is 2. The van der Waals surface area contributed by atoms with Gasteiger partial charge in [-0.05, 0) is 32.4 Å². The first kappa shape index (κ1) is 18.6. The Morgan fingerprint density at radius 3 is 2.59 bits per heavy atom. The molecule has 0 saturated heterocycles. The molecule has 1 aliphatic heterocycles. The highest BCUT2D eigenvalue weighted by molar-refractivity contribution is 6.03. The molecule has 0 bridgehead atoms. The van der Waals surface area contributed by atoms with Crippen molar-refractivity contribution in [1.29, 1.82) is 0 Å². The van der Waals surface area contributed by atoms with Gasteiger partial charge in [0.15, 0.2) is 5.78 Å². The van der Waals surface area contributed by atoms with Gasteiger partial charge in [0.25, 0.3) is 0 Å². The highest BCUT2D eigenvalue weighted by atomic mass is 16.5. The van der Waals surface area contributed by atoms with Gasteiger partial charge in [0.2, 0.25) is 0 Å². The number of methoxy groups -OCH3 is 1. The highest BCUT2D eigenvalue weighted by Gasteiger charge is 2.34. The SMILES string of the molecule is COc1cc(O)c2c(c1CC=C(C)C)OC(c1ccc(O)cc1O)CC2=O. The van der Waals surface area contributed by atoms with Crippen LogP contribution in [-0.4, -0.2) is 28.2 Å². The Morgan fingerprint density at radius 1 is 1.22 bits per heavy atom. The quantitative estimate of drug-likeness (QED) is 0.703. The number of phenolic OH excluding ortho intramolecular Hbond substituents is 3. The Labute approximate surface area is 157 Å². The van der Waals surface area contributed by atoms with Crippen molar-refractivity contribution in [3.63, 3.8) is 0 Å². The molecule has 142 valence electrons. The van der Waals surface area contributed by atoms with Crippen LogP contribution in [0.2, 0.25) is 0 Å². The molecule has 3 rings (SSSR count). The van der Waals surface area contributed by atoms with E-state index in [1.165, 1.54) is 31.4 Å². The second-order valence-corrected chi connectivity index (χ2v) is 6.74. The van der Waals surface area contributed by atoms with Crippen LogP contribution in [-0.2, 0) is 6.42 Å². The summed E-state index contributed by atoms with van der Waals surface area (Å²) >= 11 is 0. The maximum atomic E-state index is 12.7. The first-order chi connectivity index (χ1) is 12.8. The van der Waals surface area contributed by atoms with Gasteiger partial charge in [-0.3, -0.25) is 4.79 Å². The van der Waals surface area contributed by atoms with Crippen LogP contribution in [0.4, 0.5) is 0 Å². The zero-order chi connectivity index (χ0) is 19.7. The third-order valence-corrected chi connectivity index (χ3v) is 4.53. The monoisotopic (exact) mass is 370 g/mol. The van der Waals surface area contributed by atoms with Gasteiger partial charge in [-0.2, -0.15) is 0 Å². The van der Waals surface area contributed by atoms with E-state index in [1.807, 2.05) is 19.9 Å². The molecule has 0 spiro atoms. The van der Waals surface area contributed by atoms with Crippen LogP contribution in [0.1, 0.15) is 47.9 Å². The fourth-order valence-electron chi connectivity index (χ4n) is 3.18. The number of hydrogen-bond acceptors (Lipinski definition) is 6. The minimum Gasteiger partial charge on any atom is -0.508 e. The van der Waals surface area contributed by atoms with E-state index in [-0.39, 0.29) is 40.8 Å². The van der Waals surface area contributed by atoms with Gasteiger partial charge in [-0.15, -0.1) is 0 Å². The second-order valence-electron chi connectivity index (χ2n) is 6.74. The van der Waals surface area contributed by atoms with Gasteiger partial charge in [-0.1, -0.05) is 11.6 Å². The molecule has 0 saturated carbocycles. The molecule has 6 heteroatoms. The topological polar surface area (TPSA) is 96.2 Å². The predicted molar refractivity (Wildman–Crippen MR) is 99.9 cm³/mol. The molecule has 0 amide bonds. The van der Waals surface area contributed by atoms with E-state index >= 15 is 0 Å². The Bertz CT molecular complexity index is 925. The van der Waals surface area contributed by atoms with Gasteiger partial charge < -0.3 is 24.8 Å². The Kier molecular flexibility index (Phi) is 4.99. The van der Waals surface area contributed by atoms with Gasteiger partial charge in [0.05, 0.1) is 13.5 Å². The summed E-state index contributed by atoms with van der Waals surface area (Å²) < 4.78 is 11.4. The third kappa shape index (κ3) is 3.56. The number of carbonyl (C=O) groups excluding carboxylic acids is 1. The van der Waals surface area contributed by atoms with Crippen molar-refractivity contribution in [2.75, 3.05) is 7.11 Å². The van der Waals surface area contributed by atoms with Crippen molar-refractivity contribution in [2.45, 2.75) is 32.8 Å². The van der Waals surface area contributed by atoms with E-state index in [0.717, 1.165) is 5.57 Å². The number of allylic oxidation sites excluding steroid dienone is 2. The van der Waals surface area contributed by atoms with Crippen molar-refractivity contribution in [3.05, 3.63) is 52.6 Å². The Morgan fingerprint density at radius 2 is 1.96 bits per heavy atom. The van der Waals surface area contributed by atoms with Crippen LogP contribution in [0.15, 0.2) is 35.9 Å². The van der Waals surface area contributed by atoms with Crippen molar-refractivity contribution >= 4 is 5.78 Å². The lowest BCUT2D eigenvalue weighted by Crippen LogP contribution is -2.22. The predicted octanol–water partition coefficient (Wildman–Crippen LogP) is 4.03. The zero-order valence-electron chi connectivity index (χ0n) is 15.4. The molecule has 1 heterocycles. The Balaban J connectivity index is 2.12. The van der Waals surface area contributed by atoms with E-state index in [9.17, 15) is 20.1 Å². The smallest absolute Gasteiger partial charge is 0.174 e. The van der Waals surface area contributed by atoms with Gasteiger partial charge in [-0.25, -0.2) is 0 Å². The van der Waals surface area contributed by atoms with Crippen molar-refractivity contribution in [2.24, 2.45) is 0 Å². The Hall–Kier alpha value is -3.15. The van der Waals surface area contributed by atoms with E-state index in [4.69, 9.17) is 9.47 Å². The van der Waals surface area contributed by atoms with E-state index in [1.54, 1.807) is 0 Å². The van der Waals surface area contributed by atoms with E-state index < -0.39 is 6.10 Å². The van der Waals surface area contributed by atoms with E-state index in [2.05, 4.69) is 0 Å². The number of Topliss-reactive ketones (excluding diaryl/α,β-unsaturated/α-hetero) is 1. The van der Waals surface area contributed by atoms with Crippen molar-refractivity contribution in [3.8, 4) is 28.7 Å². The number of rotatable bonds is 4. The molecule has 2 aromatic rings. The number of ketones is 1. The lowest BCUT2D eigenvalue weighted by Gasteiger charge is -2.29. The van der Waals surface area contributed by atoms with Crippen molar-refractivity contribution in [1.82, 2.24) is 0 Å². The fourth-order valence-corrected chi connectivity index (χ4v) is 3.18. The molecular weight excluding hydrogens is 348 g/mol. The normalized spacial score (nSPS) is 15.7. The summed E-state index contributed by atoms with van der Waals surface area (Å²) in [7, 11) is 1.49. The third-order valence-electron chi connectivity index (χ3n) is 4.53. The number of carbonyl (C=O) groups is 1. The van der Waals surface area contributed by atoms with Gasteiger partial charge in [0.1, 0.15) is 40.4 Å². The summed E-state index contributed by atoms with van der Waals surface area (Å²) in [4.78, 5) is 12.7. The van der Waals surface area contributed by atoms with Crippen LogP contribution in [0, 0.1) is 0 Å². The van der Waals surface area contributed by atoms with Crippen LogP contribution < -0.4 is 9.47 Å². The number of hydrogen-bond donors (Lipinski definition) is 3. The fraction of sp³-hybridized carbons (Fsp3) is 0.286. The first-order valence-electron chi connectivity index (χ1n) is 8.59.